The highest BCUT2D eigenvalue weighted by Gasteiger charge is 2.20. The largest absolute Gasteiger partial charge is 0.356 e. The summed E-state index contributed by atoms with van der Waals surface area (Å²) >= 11 is 1.38. The Balaban J connectivity index is 1.67. The van der Waals surface area contributed by atoms with Crippen LogP contribution in [-0.4, -0.2) is 31.6 Å². The van der Waals surface area contributed by atoms with E-state index < -0.39 is 0 Å². The van der Waals surface area contributed by atoms with Crippen molar-refractivity contribution < 1.29 is 4.79 Å². The van der Waals surface area contributed by atoms with E-state index in [9.17, 15) is 9.59 Å². The molecule has 0 saturated heterocycles. The van der Waals surface area contributed by atoms with Crippen molar-refractivity contribution in [2.45, 2.75) is 66.2 Å². The van der Waals surface area contributed by atoms with E-state index in [0.29, 0.717) is 40.1 Å². The van der Waals surface area contributed by atoms with Crippen molar-refractivity contribution in [3.63, 3.8) is 0 Å². The summed E-state index contributed by atoms with van der Waals surface area (Å²) in [5.74, 6) is 0.372. The first kappa shape index (κ1) is 24.9. The Morgan fingerprint density at radius 2 is 1.89 bits per heavy atom. The van der Waals surface area contributed by atoms with E-state index in [1.54, 1.807) is 4.40 Å². The van der Waals surface area contributed by atoms with Crippen molar-refractivity contribution in [2.75, 3.05) is 6.54 Å². The number of carbonyl (C=O) groups is 1. The average Bonchev–Trinajstić information content (AvgIpc) is 3.40. The lowest BCUT2D eigenvalue weighted by Crippen LogP contribution is -2.28. The highest BCUT2D eigenvalue weighted by Crippen LogP contribution is 2.24. The number of amides is 1. The van der Waals surface area contributed by atoms with Gasteiger partial charge in [-0.25, -0.2) is 9.67 Å². The van der Waals surface area contributed by atoms with Crippen molar-refractivity contribution in [1.82, 2.24) is 24.5 Å². The second-order valence-corrected chi connectivity index (χ2v) is 10.1. The topological polar surface area (TPSA) is 81.3 Å². The molecule has 0 fully saturated rings. The van der Waals surface area contributed by atoms with Crippen molar-refractivity contribution in [3.05, 3.63) is 68.7 Å². The highest BCUT2D eigenvalue weighted by atomic mass is 32.1. The molecule has 3 heterocycles. The fourth-order valence-electron chi connectivity index (χ4n) is 4.21. The van der Waals surface area contributed by atoms with Gasteiger partial charge in [0.15, 0.2) is 4.96 Å². The number of nitrogens with zero attached hydrogens (tertiary/aromatic N) is 4. The third-order valence-corrected chi connectivity index (χ3v) is 7.09. The molecule has 0 atom stereocenters. The first-order valence-electron chi connectivity index (χ1n) is 12.2. The normalized spacial score (nSPS) is 11.5. The van der Waals surface area contributed by atoms with Gasteiger partial charge in [-0.05, 0) is 49.9 Å². The molecule has 0 radical (unpaired) electrons. The zero-order valence-electron chi connectivity index (χ0n) is 21.1. The molecule has 184 valence electrons. The van der Waals surface area contributed by atoms with E-state index in [0.717, 1.165) is 30.6 Å². The van der Waals surface area contributed by atoms with Crippen LogP contribution < -0.4 is 10.9 Å². The van der Waals surface area contributed by atoms with Crippen molar-refractivity contribution in [2.24, 2.45) is 0 Å². The monoisotopic (exact) mass is 491 g/mol. The molecule has 4 aromatic rings. The Kier molecular flexibility index (Phi) is 7.50. The Bertz CT molecular complexity index is 1400. The summed E-state index contributed by atoms with van der Waals surface area (Å²) in [5.41, 5.74) is 5.28. The third kappa shape index (κ3) is 5.22. The van der Waals surface area contributed by atoms with Gasteiger partial charge in [0.05, 0.1) is 23.4 Å². The Morgan fingerprint density at radius 1 is 1.14 bits per heavy atom. The van der Waals surface area contributed by atoms with Gasteiger partial charge in [-0.3, -0.25) is 14.0 Å². The molecule has 3 aromatic heterocycles. The number of nitrogens with one attached hydrogen (secondary N) is 1. The summed E-state index contributed by atoms with van der Waals surface area (Å²) in [6.07, 6.45) is 3.29. The maximum atomic E-state index is 13.6. The zero-order valence-corrected chi connectivity index (χ0v) is 21.9. The summed E-state index contributed by atoms with van der Waals surface area (Å²) < 4.78 is 3.41. The van der Waals surface area contributed by atoms with Crippen LogP contribution in [0.4, 0.5) is 0 Å². The number of carbonyl (C=O) groups excluding carboxylic acids is 1. The fourth-order valence-corrected chi connectivity index (χ4v) is 5.14. The highest BCUT2D eigenvalue weighted by molar-refractivity contribution is 7.15. The lowest BCUT2D eigenvalue weighted by atomic mass is 10.0. The van der Waals surface area contributed by atoms with Crippen LogP contribution in [0.3, 0.4) is 0 Å². The molecule has 1 aromatic carbocycles. The maximum absolute atomic E-state index is 13.6. The van der Waals surface area contributed by atoms with Crippen molar-refractivity contribution in [3.8, 4) is 16.9 Å². The van der Waals surface area contributed by atoms with E-state index in [-0.39, 0.29) is 17.9 Å². The summed E-state index contributed by atoms with van der Waals surface area (Å²) in [7, 11) is 0. The zero-order chi connectivity index (χ0) is 25.1. The van der Waals surface area contributed by atoms with Crippen LogP contribution >= 0.6 is 11.3 Å². The standard InChI is InChI=1S/C27H33N5O2S/c1-6-7-8-13-28-24(33)15-22-16-35-27-29-19(5)25(26(34)31(22)27)23-14-18(4)32(30-23)21-11-9-20(10-12-21)17(2)3/h9-12,14,16-17H,6-8,13,15H2,1-5H3,(H,28,33). The molecule has 0 bridgehead atoms. The van der Waals surface area contributed by atoms with E-state index in [1.807, 2.05) is 30.0 Å². The minimum atomic E-state index is -0.192. The molecule has 0 unspecified atom stereocenters. The second-order valence-electron chi connectivity index (χ2n) is 9.29. The molecule has 35 heavy (non-hydrogen) atoms. The molecule has 4 rings (SSSR count). The maximum Gasteiger partial charge on any atom is 0.268 e. The number of benzene rings is 1. The SMILES string of the molecule is CCCCCNC(=O)Cc1csc2nc(C)c(-c3cc(C)n(-c4ccc(C(C)C)cc4)n3)c(=O)n12. The molecule has 8 heteroatoms. The van der Waals surface area contributed by atoms with E-state index in [1.165, 1.54) is 16.9 Å². The van der Waals surface area contributed by atoms with Crippen molar-refractivity contribution in [1.29, 1.82) is 0 Å². The van der Waals surface area contributed by atoms with Gasteiger partial charge in [-0.1, -0.05) is 45.7 Å². The Hall–Kier alpha value is -3.26. The van der Waals surface area contributed by atoms with Gasteiger partial charge >= 0.3 is 0 Å². The lowest BCUT2D eigenvalue weighted by Gasteiger charge is -2.08. The molecule has 7 nitrogen and oxygen atoms in total. The van der Waals surface area contributed by atoms with Crippen LogP contribution in [0.15, 0.2) is 40.5 Å². The quantitative estimate of drug-likeness (QED) is 0.326. The van der Waals surface area contributed by atoms with Gasteiger partial charge in [0.1, 0.15) is 5.69 Å². The fraction of sp³-hybridized carbons (Fsp3) is 0.407. The number of rotatable bonds is 9. The van der Waals surface area contributed by atoms with Gasteiger partial charge < -0.3 is 5.32 Å². The Morgan fingerprint density at radius 3 is 2.57 bits per heavy atom. The molecular weight excluding hydrogens is 458 g/mol. The van der Waals surface area contributed by atoms with Crippen LogP contribution in [-0.2, 0) is 11.2 Å². The summed E-state index contributed by atoms with van der Waals surface area (Å²) in [4.78, 5) is 31.4. The first-order chi connectivity index (χ1) is 16.8. The van der Waals surface area contributed by atoms with Gasteiger partial charge in [0.25, 0.3) is 5.56 Å². The Labute approximate surface area is 209 Å². The number of hydrogen-bond acceptors (Lipinski definition) is 5. The molecule has 0 saturated carbocycles. The number of unbranched alkanes of at least 4 members (excludes halogenated alkanes) is 2. The van der Waals surface area contributed by atoms with Gasteiger partial charge in [0, 0.05) is 23.3 Å². The smallest absolute Gasteiger partial charge is 0.268 e. The summed E-state index contributed by atoms with van der Waals surface area (Å²) in [5, 5.41) is 9.57. The molecule has 1 amide bonds. The molecule has 0 spiro atoms. The van der Waals surface area contributed by atoms with Crippen LogP contribution in [0, 0.1) is 13.8 Å². The number of hydrogen-bond donors (Lipinski definition) is 1. The summed E-state index contributed by atoms with van der Waals surface area (Å²) in [6.45, 7) is 10.9. The summed E-state index contributed by atoms with van der Waals surface area (Å²) in [6, 6.07) is 10.2. The predicted octanol–water partition coefficient (Wildman–Crippen LogP) is 5.20. The molecule has 0 aliphatic carbocycles. The first-order valence-corrected chi connectivity index (χ1v) is 13.1. The lowest BCUT2D eigenvalue weighted by molar-refractivity contribution is -0.120. The number of fused-ring (bicyclic) bond motifs is 1. The number of aromatic nitrogens is 4. The van der Waals surface area contributed by atoms with Crippen LogP contribution in [0.1, 0.15) is 68.6 Å². The van der Waals surface area contributed by atoms with Crippen molar-refractivity contribution >= 4 is 22.2 Å². The molecule has 0 aliphatic rings. The number of thiazole rings is 1. The van der Waals surface area contributed by atoms with Crippen LogP contribution in [0.25, 0.3) is 21.9 Å². The minimum Gasteiger partial charge on any atom is -0.356 e. The predicted molar refractivity (Wildman–Crippen MR) is 142 cm³/mol. The van der Waals surface area contributed by atoms with Crippen LogP contribution in [0.5, 0.6) is 0 Å². The van der Waals surface area contributed by atoms with Gasteiger partial charge in [-0.15, -0.1) is 11.3 Å². The average molecular weight is 492 g/mol. The molecular formula is C27H33N5O2S. The van der Waals surface area contributed by atoms with E-state index in [4.69, 9.17) is 5.10 Å². The van der Waals surface area contributed by atoms with E-state index in [2.05, 4.69) is 55.3 Å². The molecule has 0 aliphatic heterocycles. The third-order valence-electron chi connectivity index (χ3n) is 6.21. The number of aryl methyl sites for hydroxylation is 2. The van der Waals surface area contributed by atoms with Gasteiger partial charge in [0.2, 0.25) is 5.91 Å². The van der Waals surface area contributed by atoms with Crippen LogP contribution in [0.2, 0.25) is 0 Å². The van der Waals surface area contributed by atoms with E-state index >= 15 is 0 Å². The molecule has 1 N–H and O–H groups in total. The van der Waals surface area contributed by atoms with Gasteiger partial charge in [-0.2, -0.15) is 5.10 Å². The second kappa shape index (κ2) is 10.6. The minimum absolute atomic E-state index is 0.0835.